The van der Waals surface area contributed by atoms with Crippen LogP contribution in [0.5, 0.6) is 0 Å². The number of benzene rings is 1. The smallest absolute Gasteiger partial charge is 0.122 e. The summed E-state index contributed by atoms with van der Waals surface area (Å²) in [5, 5.41) is 9.28. The molecule has 1 heterocycles. The molecule has 2 aromatic rings. The molecule has 0 aliphatic heterocycles. The number of hydrogen-bond acceptors (Lipinski definition) is 3. The molecule has 0 aliphatic rings. The van der Waals surface area contributed by atoms with E-state index in [-0.39, 0.29) is 12.6 Å². The van der Waals surface area contributed by atoms with Gasteiger partial charge in [0, 0.05) is 32.1 Å². The van der Waals surface area contributed by atoms with Gasteiger partial charge < -0.3 is 9.67 Å². The molecular weight excluding hydrogens is 238 g/mol. The molecule has 1 N–H and O–H groups in total. The topological polar surface area (TPSA) is 41.3 Å². The Morgan fingerprint density at radius 3 is 2.63 bits per heavy atom. The maximum atomic E-state index is 9.28. The van der Waals surface area contributed by atoms with Crippen LogP contribution in [0.25, 0.3) is 0 Å². The minimum Gasteiger partial charge on any atom is -0.396 e. The Bertz CT molecular complexity index is 495. The zero-order chi connectivity index (χ0) is 13.7. The Morgan fingerprint density at radius 1 is 1.32 bits per heavy atom. The predicted octanol–water partition coefficient (Wildman–Crippen LogP) is 1.98. The van der Waals surface area contributed by atoms with E-state index in [9.17, 15) is 5.11 Å². The molecule has 0 bridgehead atoms. The van der Waals surface area contributed by atoms with Crippen molar-refractivity contribution >= 4 is 0 Å². The van der Waals surface area contributed by atoms with E-state index in [4.69, 9.17) is 0 Å². The summed E-state index contributed by atoms with van der Waals surface area (Å²) < 4.78 is 2.03. The standard InChI is InChI=1S/C15H21N3O/c1-17-10-9-16-15(17)12-18(2)14(8-11-19)13-6-4-3-5-7-13/h3-7,9-10,14,19H,8,11-12H2,1-2H3. The zero-order valence-corrected chi connectivity index (χ0v) is 11.5. The lowest BCUT2D eigenvalue weighted by Gasteiger charge is -2.27. The highest BCUT2D eigenvalue weighted by Crippen LogP contribution is 2.23. The molecule has 1 aromatic carbocycles. The number of hydrogen-bond donors (Lipinski definition) is 1. The average molecular weight is 259 g/mol. The molecule has 1 aromatic heterocycles. The molecular formula is C15H21N3O. The van der Waals surface area contributed by atoms with Gasteiger partial charge in [0.1, 0.15) is 5.82 Å². The molecule has 19 heavy (non-hydrogen) atoms. The predicted molar refractivity (Wildman–Crippen MR) is 75.6 cm³/mol. The minimum atomic E-state index is 0.185. The number of nitrogens with zero attached hydrogens (tertiary/aromatic N) is 3. The van der Waals surface area contributed by atoms with E-state index in [1.165, 1.54) is 5.56 Å². The van der Waals surface area contributed by atoms with Crippen LogP contribution < -0.4 is 0 Å². The fourth-order valence-electron chi connectivity index (χ4n) is 2.32. The summed E-state index contributed by atoms with van der Waals surface area (Å²) in [4.78, 5) is 6.58. The molecule has 0 spiro atoms. The summed E-state index contributed by atoms with van der Waals surface area (Å²) in [5.74, 6) is 1.03. The van der Waals surface area contributed by atoms with E-state index < -0.39 is 0 Å². The maximum absolute atomic E-state index is 9.28. The Balaban J connectivity index is 2.13. The Kier molecular flexibility index (Phi) is 4.71. The number of imidazole rings is 1. The van der Waals surface area contributed by atoms with Gasteiger partial charge in [-0.15, -0.1) is 0 Å². The van der Waals surface area contributed by atoms with Crippen molar-refractivity contribution in [2.75, 3.05) is 13.7 Å². The van der Waals surface area contributed by atoms with Crippen LogP contribution in [0.1, 0.15) is 23.9 Å². The van der Waals surface area contributed by atoms with E-state index in [2.05, 4.69) is 29.1 Å². The van der Waals surface area contributed by atoms with Gasteiger partial charge in [-0.3, -0.25) is 4.90 Å². The van der Waals surface area contributed by atoms with Crippen molar-refractivity contribution in [3.8, 4) is 0 Å². The normalized spacial score (nSPS) is 12.8. The lowest BCUT2D eigenvalue weighted by molar-refractivity contribution is 0.176. The van der Waals surface area contributed by atoms with Gasteiger partial charge in [-0.25, -0.2) is 4.98 Å². The summed E-state index contributed by atoms with van der Waals surface area (Å²) >= 11 is 0. The van der Waals surface area contributed by atoms with Crippen LogP contribution in [-0.2, 0) is 13.6 Å². The zero-order valence-electron chi connectivity index (χ0n) is 11.5. The first kappa shape index (κ1) is 13.8. The van der Waals surface area contributed by atoms with E-state index in [1.54, 1.807) is 0 Å². The first-order valence-electron chi connectivity index (χ1n) is 6.54. The largest absolute Gasteiger partial charge is 0.396 e. The fraction of sp³-hybridized carbons (Fsp3) is 0.400. The van der Waals surface area contributed by atoms with Crippen molar-refractivity contribution in [2.45, 2.75) is 19.0 Å². The van der Waals surface area contributed by atoms with Crippen LogP contribution in [0.15, 0.2) is 42.7 Å². The molecule has 0 amide bonds. The average Bonchev–Trinajstić information content (AvgIpc) is 2.82. The molecule has 0 aliphatic carbocycles. The van der Waals surface area contributed by atoms with Crippen molar-refractivity contribution in [3.63, 3.8) is 0 Å². The van der Waals surface area contributed by atoms with E-state index in [0.717, 1.165) is 18.8 Å². The lowest BCUT2D eigenvalue weighted by atomic mass is 10.0. The number of aliphatic hydroxyl groups is 1. The van der Waals surface area contributed by atoms with Gasteiger partial charge in [0.15, 0.2) is 0 Å². The molecule has 102 valence electrons. The van der Waals surface area contributed by atoms with Gasteiger partial charge in [-0.2, -0.15) is 0 Å². The summed E-state index contributed by atoms with van der Waals surface area (Å²) in [7, 11) is 4.07. The quantitative estimate of drug-likeness (QED) is 0.862. The molecule has 0 fully saturated rings. The molecule has 4 heteroatoms. The van der Waals surface area contributed by atoms with Crippen molar-refractivity contribution in [1.82, 2.24) is 14.5 Å². The Hall–Kier alpha value is -1.65. The molecule has 0 saturated heterocycles. The first-order valence-corrected chi connectivity index (χ1v) is 6.54. The van der Waals surface area contributed by atoms with E-state index in [1.807, 2.05) is 42.2 Å². The van der Waals surface area contributed by atoms with Crippen molar-refractivity contribution in [1.29, 1.82) is 0 Å². The summed E-state index contributed by atoms with van der Waals surface area (Å²) in [6.07, 6.45) is 4.49. The molecule has 2 rings (SSSR count). The number of aliphatic hydroxyl groups excluding tert-OH is 1. The van der Waals surface area contributed by atoms with Crippen molar-refractivity contribution < 1.29 is 5.11 Å². The third-order valence-electron chi connectivity index (χ3n) is 3.43. The highest BCUT2D eigenvalue weighted by molar-refractivity contribution is 5.19. The van der Waals surface area contributed by atoms with E-state index >= 15 is 0 Å². The molecule has 0 radical (unpaired) electrons. The third-order valence-corrected chi connectivity index (χ3v) is 3.43. The van der Waals surface area contributed by atoms with Crippen molar-refractivity contribution in [3.05, 3.63) is 54.1 Å². The first-order chi connectivity index (χ1) is 9.22. The molecule has 1 unspecified atom stereocenters. The third kappa shape index (κ3) is 3.43. The Labute approximate surface area is 114 Å². The van der Waals surface area contributed by atoms with Gasteiger partial charge >= 0.3 is 0 Å². The van der Waals surface area contributed by atoms with Gasteiger partial charge in [0.05, 0.1) is 6.54 Å². The van der Waals surface area contributed by atoms with Crippen LogP contribution in [-0.4, -0.2) is 33.2 Å². The van der Waals surface area contributed by atoms with Crippen molar-refractivity contribution in [2.24, 2.45) is 7.05 Å². The lowest BCUT2D eigenvalue weighted by Crippen LogP contribution is -2.26. The molecule has 4 nitrogen and oxygen atoms in total. The molecule has 1 atom stereocenters. The van der Waals surface area contributed by atoms with Crippen LogP contribution in [0.3, 0.4) is 0 Å². The highest BCUT2D eigenvalue weighted by Gasteiger charge is 2.17. The molecule has 0 saturated carbocycles. The Morgan fingerprint density at radius 2 is 2.05 bits per heavy atom. The van der Waals surface area contributed by atoms with Gasteiger partial charge in [0.25, 0.3) is 0 Å². The summed E-state index contributed by atoms with van der Waals surface area (Å²) in [6.45, 7) is 0.952. The van der Waals surface area contributed by atoms with Crippen LogP contribution in [0.4, 0.5) is 0 Å². The van der Waals surface area contributed by atoms with Crippen LogP contribution >= 0.6 is 0 Å². The SMILES string of the molecule is CN(Cc1nccn1C)C(CCO)c1ccccc1. The monoisotopic (exact) mass is 259 g/mol. The van der Waals surface area contributed by atoms with Crippen LogP contribution in [0, 0.1) is 0 Å². The highest BCUT2D eigenvalue weighted by atomic mass is 16.3. The summed E-state index contributed by atoms with van der Waals surface area (Å²) in [5.41, 5.74) is 1.23. The number of aryl methyl sites for hydroxylation is 1. The maximum Gasteiger partial charge on any atom is 0.122 e. The number of rotatable bonds is 6. The van der Waals surface area contributed by atoms with Gasteiger partial charge in [-0.1, -0.05) is 30.3 Å². The summed E-state index contributed by atoms with van der Waals surface area (Å²) in [6, 6.07) is 10.5. The second kappa shape index (κ2) is 6.50. The second-order valence-corrected chi connectivity index (χ2v) is 4.81. The fourth-order valence-corrected chi connectivity index (χ4v) is 2.32. The van der Waals surface area contributed by atoms with Gasteiger partial charge in [0.2, 0.25) is 0 Å². The second-order valence-electron chi connectivity index (χ2n) is 4.81. The number of aromatic nitrogens is 2. The van der Waals surface area contributed by atoms with E-state index in [0.29, 0.717) is 0 Å². The minimum absolute atomic E-state index is 0.185. The van der Waals surface area contributed by atoms with Gasteiger partial charge in [-0.05, 0) is 19.0 Å². The van der Waals surface area contributed by atoms with Crippen LogP contribution in [0.2, 0.25) is 0 Å².